The Morgan fingerprint density at radius 1 is 1.29 bits per heavy atom. The number of methoxy groups -OCH3 is 1. The molecule has 0 aromatic heterocycles. The van der Waals surface area contributed by atoms with Crippen LogP contribution >= 0.6 is 0 Å². The van der Waals surface area contributed by atoms with Crippen LogP contribution in [0.4, 0.5) is 0 Å². The second kappa shape index (κ2) is 7.48. The van der Waals surface area contributed by atoms with Crippen molar-refractivity contribution in [2.24, 2.45) is 5.73 Å². The highest BCUT2D eigenvalue weighted by Crippen LogP contribution is 2.16. The van der Waals surface area contributed by atoms with Crippen molar-refractivity contribution in [3.05, 3.63) is 24.3 Å². The number of carbonyl (C=O) groups is 1. The Bertz CT molecular complexity index is 340. The van der Waals surface area contributed by atoms with Crippen LogP contribution in [0.2, 0.25) is 0 Å². The Balaban J connectivity index is 2.11. The minimum Gasteiger partial charge on any atom is -0.497 e. The molecule has 0 unspecified atom stereocenters. The van der Waals surface area contributed by atoms with Crippen molar-refractivity contribution in [3.8, 4) is 11.5 Å². The van der Waals surface area contributed by atoms with E-state index in [2.05, 4.69) is 5.48 Å². The van der Waals surface area contributed by atoms with Crippen LogP contribution in [0.1, 0.15) is 0 Å². The summed E-state index contributed by atoms with van der Waals surface area (Å²) >= 11 is 0. The maximum Gasteiger partial charge on any atom is 0.245 e. The van der Waals surface area contributed by atoms with Gasteiger partial charge in [0.15, 0.2) is 0 Å². The van der Waals surface area contributed by atoms with Crippen molar-refractivity contribution in [1.82, 2.24) is 5.48 Å². The second-order valence-corrected chi connectivity index (χ2v) is 3.17. The zero-order valence-corrected chi connectivity index (χ0v) is 9.64. The molecule has 94 valence electrons. The maximum absolute atomic E-state index is 10.3. The van der Waals surface area contributed by atoms with Gasteiger partial charge in [0.25, 0.3) is 0 Å². The van der Waals surface area contributed by atoms with Crippen molar-refractivity contribution in [1.29, 1.82) is 0 Å². The molecule has 1 amide bonds. The molecule has 0 saturated heterocycles. The lowest BCUT2D eigenvalue weighted by atomic mass is 10.3. The molecule has 0 aliphatic rings. The highest BCUT2D eigenvalue weighted by molar-refractivity contribution is 5.74. The SMILES string of the molecule is COc1ccc(OCCNOCC(N)=O)cc1. The minimum atomic E-state index is -0.520. The fraction of sp³-hybridized carbons (Fsp3) is 0.364. The van der Waals surface area contributed by atoms with Crippen molar-refractivity contribution in [2.45, 2.75) is 0 Å². The van der Waals surface area contributed by atoms with Crippen LogP contribution in [0.3, 0.4) is 0 Å². The summed E-state index contributed by atoms with van der Waals surface area (Å²) in [7, 11) is 1.61. The Hall–Kier alpha value is -1.79. The van der Waals surface area contributed by atoms with Gasteiger partial charge in [-0.15, -0.1) is 0 Å². The quantitative estimate of drug-likeness (QED) is 0.496. The molecule has 1 aromatic rings. The third-order valence-corrected chi connectivity index (χ3v) is 1.85. The number of primary amides is 1. The van der Waals surface area contributed by atoms with Crippen LogP contribution in [0.5, 0.6) is 11.5 Å². The maximum atomic E-state index is 10.3. The Labute approximate surface area is 99.6 Å². The van der Waals surface area contributed by atoms with Crippen LogP contribution in [0, 0.1) is 0 Å². The number of nitrogens with two attached hydrogens (primary N) is 1. The summed E-state index contributed by atoms with van der Waals surface area (Å²) in [5.41, 5.74) is 7.44. The summed E-state index contributed by atoms with van der Waals surface area (Å²) in [6.07, 6.45) is 0. The lowest BCUT2D eigenvalue weighted by molar-refractivity contribution is -0.125. The van der Waals surface area contributed by atoms with Gasteiger partial charge in [0.2, 0.25) is 5.91 Å². The second-order valence-electron chi connectivity index (χ2n) is 3.17. The van der Waals surface area contributed by atoms with Crippen LogP contribution in [-0.2, 0) is 9.63 Å². The number of carbonyl (C=O) groups excluding carboxylic acids is 1. The fourth-order valence-corrected chi connectivity index (χ4v) is 1.08. The van der Waals surface area contributed by atoms with E-state index >= 15 is 0 Å². The molecule has 0 aliphatic heterocycles. The predicted molar refractivity (Wildman–Crippen MR) is 61.6 cm³/mol. The predicted octanol–water partition coefficient (Wildman–Crippen LogP) is 0.0805. The largest absolute Gasteiger partial charge is 0.497 e. The average molecular weight is 240 g/mol. The van der Waals surface area contributed by atoms with E-state index in [1.165, 1.54) is 0 Å². The molecule has 0 radical (unpaired) electrons. The first-order valence-electron chi connectivity index (χ1n) is 5.12. The van der Waals surface area contributed by atoms with Gasteiger partial charge in [-0.2, -0.15) is 5.48 Å². The molecular weight excluding hydrogens is 224 g/mol. The van der Waals surface area contributed by atoms with Gasteiger partial charge >= 0.3 is 0 Å². The van der Waals surface area contributed by atoms with Gasteiger partial charge in [0.05, 0.1) is 13.7 Å². The van der Waals surface area contributed by atoms with Crippen LogP contribution in [0.25, 0.3) is 0 Å². The van der Waals surface area contributed by atoms with Crippen molar-refractivity contribution in [3.63, 3.8) is 0 Å². The number of hydroxylamine groups is 1. The number of nitrogens with one attached hydrogen (secondary N) is 1. The molecule has 0 atom stereocenters. The van der Waals surface area contributed by atoms with E-state index in [0.717, 1.165) is 11.5 Å². The lowest BCUT2D eigenvalue weighted by Crippen LogP contribution is -2.27. The van der Waals surface area contributed by atoms with Crippen LogP contribution in [0.15, 0.2) is 24.3 Å². The molecular formula is C11H16N2O4. The zero-order valence-electron chi connectivity index (χ0n) is 9.64. The standard InChI is InChI=1S/C11H16N2O4/c1-15-9-2-4-10(5-3-9)16-7-6-13-17-8-11(12)14/h2-5,13H,6-8H2,1H3,(H2,12,14). The first-order valence-corrected chi connectivity index (χ1v) is 5.12. The molecule has 6 nitrogen and oxygen atoms in total. The summed E-state index contributed by atoms with van der Waals surface area (Å²) in [4.78, 5) is 15.1. The van der Waals surface area contributed by atoms with Crippen molar-refractivity contribution >= 4 is 5.91 Å². The Kier molecular flexibility index (Phi) is 5.84. The first kappa shape index (κ1) is 13.3. The molecule has 17 heavy (non-hydrogen) atoms. The number of benzene rings is 1. The van der Waals surface area contributed by atoms with Gasteiger partial charge in [-0.1, -0.05) is 0 Å². The van der Waals surface area contributed by atoms with E-state index < -0.39 is 5.91 Å². The van der Waals surface area contributed by atoms with E-state index in [4.69, 9.17) is 20.0 Å². The van der Waals surface area contributed by atoms with Crippen molar-refractivity contribution < 1.29 is 19.1 Å². The minimum absolute atomic E-state index is 0.150. The topological polar surface area (TPSA) is 82.8 Å². The number of rotatable bonds is 8. The molecule has 0 heterocycles. The highest BCUT2D eigenvalue weighted by atomic mass is 16.6. The summed E-state index contributed by atoms with van der Waals surface area (Å²) in [5, 5.41) is 0. The van der Waals surface area contributed by atoms with E-state index in [-0.39, 0.29) is 6.61 Å². The van der Waals surface area contributed by atoms with E-state index in [0.29, 0.717) is 13.2 Å². The van der Waals surface area contributed by atoms with Crippen LogP contribution in [-0.4, -0.2) is 32.8 Å². The molecule has 0 aliphatic carbocycles. The monoisotopic (exact) mass is 240 g/mol. The highest BCUT2D eigenvalue weighted by Gasteiger charge is 1.96. The molecule has 0 saturated carbocycles. The summed E-state index contributed by atoms with van der Waals surface area (Å²) < 4.78 is 10.4. The molecule has 0 spiro atoms. The Morgan fingerprint density at radius 2 is 1.94 bits per heavy atom. The van der Waals surface area contributed by atoms with Gasteiger partial charge in [-0.3, -0.25) is 9.63 Å². The number of ether oxygens (including phenoxy) is 2. The third kappa shape index (κ3) is 5.74. The summed E-state index contributed by atoms with van der Waals surface area (Å²) in [5.74, 6) is 0.997. The number of hydrogen-bond donors (Lipinski definition) is 2. The molecule has 0 bridgehead atoms. The smallest absolute Gasteiger partial charge is 0.245 e. The molecule has 0 fully saturated rings. The van der Waals surface area contributed by atoms with Crippen LogP contribution < -0.4 is 20.7 Å². The zero-order chi connectivity index (χ0) is 12.5. The lowest BCUT2D eigenvalue weighted by Gasteiger charge is -2.07. The van der Waals surface area contributed by atoms with Gasteiger partial charge < -0.3 is 15.2 Å². The number of amides is 1. The van der Waals surface area contributed by atoms with Gasteiger partial charge in [0.1, 0.15) is 24.7 Å². The number of hydrogen-bond acceptors (Lipinski definition) is 5. The summed E-state index contributed by atoms with van der Waals surface area (Å²) in [6, 6.07) is 7.24. The molecule has 3 N–H and O–H groups in total. The van der Waals surface area contributed by atoms with E-state index in [9.17, 15) is 4.79 Å². The fourth-order valence-electron chi connectivity index (χ4n) is 1.08. The Morgan fingerprint density at radius 3 is 2.53 bits per heavy atom. The van der Waals surface area contributed by atoms with Gasteiger partial charge in [-0.25, -0.2) is 0 Å². The normalized spacial score (nSPS) is 9.94. The summed E-state index contributed by atoms with van der Waals surface area (Å²) in [6.45, 7) is 0.729. The van der Waals surface area contributed by atoms with Gasteiger partial charge in [0, 0.05) is 0 Å². The average Bonchev–Trinajstić information content (AvgIpc) is 2.34. The van der Waals surface area contributed by atoms with E-state index in [1.807, 2.05) is 24.3 Å². The third-order valence-electron chi connectivity index (χ3n) is 1.85. The van der Waals surface area contributed by atoms with E-state index in [1.54, 1.807) is 7.11 Å². The van der Waals surface area contributed by atoms with Gasteiger partial charge in [-0.05, 0) is 24.3 Å². The van der Waals surface area contributed by atoms with Crippen molar-refractivity contribution in [2.75, 3.05) is 26.9 Å². The molecule has 1 aromatic carbocycles. The molecule has 6 heteroatoms. The first-order chi connectivity index (χ1) is 8.22. The molecule has 1 rings (SSSR count).